The van der Waals surface area contributed by atoms with Crippen molar-refractivity contribution in [2.24, 2.45) is 0 Å². The summed E-state index contributed by atoms with van der Waals surface area (Å²) in [6.45, 7) is 7.28. The number of piperidine rings is 1. The van der Waals surface area contributed by atoms with Crippen LogP contribution in [0.4, 0.5) is 4.79 Å². The van der Waals surface area contributed by atoms with E-state index in [-0.39, 0.29) is 23.6 Å². The fourth-order valence-electron chi connectivity index (χ4n) is 3.74. The zero-order valence-electron chi connectivity index (χ0n) is 15.6. The van der Waals surface area contributed by atoms with Gasteiger partial charge in [0.25, 0.3) is 11.5 Å². The Labute approximate surface area is 152 Å². The van der Waals surface area contributed by atoms with Gasteiger partial charge in [0.2, 0.25) is 0 Å². The van der Waals surface area contributed by atoms with Crippen molar-refractivity contribution in [3.8, 4) is 0 Å². The summed E-state index contributed by atoms with van der Waals surface area (Å²) in [4.78, 5) is 46.8. The van der Waals surface area contributed by atoms with Crippen LogP contribution in [-0.2, 0) is 4.74 Å². The molecular weight excluding hydrogens is 336 g/mol. The molecule has 2 saturated heterocycles. The second-order valence-electron chi connectivity index (χ2n) is 7.32. The molecule has 2 fully saturated rings. The van der Waals surface area contributed by atoms with Gasteiger partial charge in [-0.25, -0.2) is 9.78 Å². The molecule has 0 saturated carbocycles. The third kappa shape index (κ3) is 3.45. The van der Waals surface area contributed by atoms with Gasteiger partial charge in [-0.3, -0.25) is 9.59 Å². The van der Waals surface area contributed by atoms with E-state index in [4.69, 9.17) is 4.74 Å². The van der Waals surface area contributed by atoms with Crippen LogP contribution in [0.3, 0.4) is 0 Å². The topological polar surface area (TPSA) is 95.6 Å². The number of carbonyl (C=O) groups is 2. The molecule has 0 bridgehead atoms. The smallest absolute Gasteiger partial charge is 0.410 e. The standard InChI is InChI=1S/C18H26N4O4/c1-4-5-12(2)22-11-18(26-17(22)25)6-8-21(9-7-18)16(24)14-10-19-13(3)20-15(14)23/h10,12H,4-9,11H2,1-3H3,(H,19,20,23). The maximum atomic E-state index is 12.6. The molecule has 0 aromatic carbocycles. The second kappa shape index (κ2) is 7.09. The number of nitrogens with zero attached hydrogens (tertiary/aromatic N) is 3. The minimum Gasteiger partial charge on any atom is -0.441 e. The lowest BCUT2D eigenvalue weighted by Crippen LogP contribution is -2.49. The number of rotatable bonds is 4. The maximum absolute atomic E-state index is 12.6. The molecule has 0 radical (unpaired) electrons. The molecule has 1 N–H and O–H groups in total. The van der Waals surface area contributed by atoms with Gasteiger partial charge < -0.3 is 19.5 Å². The minimum atomic E-state index is -0.520. The van der Waals surface area contributed by atoms with Crippen LogP contribution in [0.25, 0.3) is 0 Å². The molecular formula is C18H26N4O4. The first-order chi connectivity index (χ1) is 12.3. The minimum absolute atomic E-state index is 0.0492. The van der Waals surface area contributed by atoms with Gasteiger partial charge in [-0.15, -0.1) is 0 Å². The molecule has 26 heavy (non-hydrogen) atoms. The highest BCUT2D eigenvalue weighted by molar-refractivity contribution is 5.93. The highest BCUT2D eigenvalue weighted by Gasteiger charge is 2.48. The van der Waals surface area contributed by atoms with Gasteiger partial charge in [-0.05, 0) is 20.3 Å². The fourth-order valence-corrected chi connectivity index (χ4v) is 3.74. The highest BCUT2D eigenvalue weighted by Crippen LogP contribution is 2.35. The molecule has 8 heteroatoms. The molecule has 1 aromatic heterocycles. The average Bonchev–Trinajstić information content (AvgIpc) is 2.91. The van der Waals surface area contributed by atoms with E-state index in [1.54, 1.807) is 16.7 Å². The number of hydrogen-bond donors (Lipinski definition) is 1. The van der Waals surface area contributed by atoms with Gasteiger partial charge in [-0.1, -0.05) is 13.3 Å². The Balaban J connectivity index is 1.65. The molecule has 2 aliphatic rings. The normalized spacial score (nSPS) is 20.3. The third-order valence-electron chi connectivity index (χ3n) is 5.35. The zero-order chi connectivity index (χ0) is 18.9. The van der Waals surface area contributed by atoms with E-state index in [0.29, 0.717) is 38.3 Å². The summed E-state index contributed by atoms with van der Waals surface area (Å²) in [5, 5.41) is 0. The molecule has 8 nitrogen and oxygen atoms in total. The number of amides is 2. The first kappa shape index (κ1) is 18.4. The molecule has 1 atom stereocenters. The van der Waals surface area contributed by atoms with Crippen molar-refractivity contribution < 1.29 is 14.3 Å². The van der Waals surface area contributed by atoms with E-state index in [1.165, 1.54) is 6.20 Å². The van der Waals surface area contributed by atoms with Gasteiger partial charge in [0, 0.05) is 38.2 Å². The number of likely N-dealkylation sites (tertiary alicyclic amines) is 1. The number of aromatic amines is 1. The zero-order valence-corrected chi connectivity index (χ0v) is 15.6. The highest BCUT2D eigenvalue weighted by atomic mass is 16.6. The largest absolute Gasteiger partial charge is 0.441 e. The molecule has 142 valence electrons. The molecule has 1 aromatic rings. The van der Waals surface area contributed by atoms with Crippen LogP contribution in [-0.4, -0.2) is 63.0 Å². The van der Waals surface area contributed by atoms with Crippen LogP contribution in [0.1, 0.15) is 55.7 Å². The second-order valence-corrected chi connectivity index (χ2v) is 7.32. The van der Waals surface area contributed by atoms with Crippen molar-refractivity contribution in [1.82, 2.24) is 19.8 Å². The Kier molecular flexibility index (Phi) is 5.02. The predicted octanol–water partition coefficient (Wildman–Crippen LogP) is 1.69. The summed E-state index contributed by atoms with van der Waals surface area (Å²) in [7, 11) is 0. The van der Waals surface area contributed by atoms with E-state index in [2.05, 4.69) is 16.9 Å². The Morgan fingerprint density at radius 2 is 2.08 bits per heavy atom. The quantitative estimate of drug-likeness (QED) is 0.879. The van der Waals surface area contributed by atoms with Crippen LogP contribution in [0.2, 0.25) is 0 Å². The van der Waals surface area contributed by atoms with Crippen molar-refractivity contribution >= 4 is 12.0 Å². The molecule has 1 spiro atoms. The summed E-state index contributed by atoms with van der Waals surface area (Å²) in [6, 6.07) is 0.156. The Morgan fingerprint density at radius 1 is 1.38 bits per heavy atom. The maximum Gasteiger partial charge on any atom is 0.410 e. The van der Waals surface area contributed by atoms with Crippen LogP contribution >= 0.6 is 0 Å². The van der Waals surface area contributed by atoms with Crippen LogP contribution in [0, 0.1) is 6.92 Å². The molecule has 2 aliphatic heterocycles. The van der Waals surface area contributed by atoms with Gasteiger partial charge >= 0.3 is 6.09 Å². The predicted molar refractivity (Wildman–Crippen MR) is 95.0 cm³/mol. The van der Waals surface area contributed by atoms with E-state index in [9.17, 15) is 14.4 Å². The van der Waals surface area contributed by atoms with Crippen molar-refractivity contribution in [3.05, 3.63) is 27.9 Å². The van der Waals surface area contributed by atoms with Crippen molar-refractivity contribution in [2.75, 3.05) is 19.6 Å². The fraction of sp³-hybridized carbons (Fsp3) is 0.667. The van der Waals surface area contributed by atoms with Crippen molar-refractivity contribution in [1.29, 1.82) is 0 Å². The third-order valence-corrected chi connectivity index (χ3v) is 5.35. The molecule has 3 rings (SSSR count). The lowest BCUT2D eigenvalue weighted by atomic mass is 9.90. The van der Waals surface area contributed by atoms with Crippen LogP contribution < -0.4 is 5.56 Å². The van der Waals surface area contributed by atoms with Gasteiger partial charge in [-0.2, -0.15) is 0 Å². The molecule has 3 heterocycles. The monoisotopic (exact) mass is 362 g/mol. The van der Waals surface area contributed by atoms with Crippen molar-refractivity contribution in [3.63, 3.8) is 0 Å². The molecule has 0 aliphatic carbocycles. The number of nitrogens with one attached hydrogen (secondary N) is 1. The summed E-state index contributed by atoms with van der Waals surface area (Å²) < 4.78 is 5.71. The van der Waals surface area contributed by atoms with Crippen LogP contribution in [0.5, 0.6) is 0 Å². The number of aryl methyl sites for hydroxylation is 1. The SMILES string of the molecule is CCCC(C)N1CC2(CCN(C(=O)c3cnc(C)[nH]c3=O)CC2)OC1=O. The summed E-state index contributed by atoms with van der Waals surface area (Å²) >= 11 is 0. The number of ether oxygens (including phenoxy) is 1. The number of hydrogen-bond acceptors (Lipinski definition) is 5. The van der Waals surface area contributed by atoms with Crippen LogP contribution in [0.15, 0.2) is 11.0 Å². The summed E-state index contributed by atoms with van der Waals surface area (Å²) in [5.74, 6) is 0.150. The van der Waals surface area contributed by atoms with Gasteiger partial charge in [0.15, 0.2) is 0 Å². The number of carbonyl (C=O) groups excluding carboxylic acids is 2. The number of H-pyrrole nitrogens is 1. The van der Waals surface area contributed by atoms with Gasteiger partial charge in [0.05, 0.1) is 6.54 Å². The number of aromatic nitrogens is 2. The lowest BCUT2D eigenvalue weighted by Gasteiger charge is -2.37. The Hall–Kier alpha value is -2.38. The van der Waals surface area contributed by atoms with E-state index >= 15 is 0 Å². The molecule has 2 amide bonds. The average molecular weight is 362 g/mol. The van der Waals surface area contributed by atoms with E-state index in [1.807, 2.05) is 6.92 Å². The summed E-state index contributed by atoms with van der Waals surface area (Å²) in [5.41, 5.74) is -0.892. The van der Waals surface area contributed by atoms with Gasteiger partial charge in [0.1, 0.15) is 17.0 Å². The summed E-state index contributed by atoms with van der Waals surface area (Å²) in [6.07, 6.45) is 4.18. The Morgan fingerprint density at radius 3 is 2.69 bits per heavy atom. The first-order valence-electron chi connectivity index (χ1n) is 9.20. The van der Waals surface area contributed by atoms with Crippen molar-refractivity contribution in [2.45, 2.75) is 58.1 Å². The van der Waals surface area contributed by atoms with E-state index < -0.39 is 11.2 Å². The molecule has 1 unspecified atom stereocenters. The first-order valence-corrected chi connectivity index (χ1v) is 9.20. The lowest BCUT2D eigenvalue weighted by molar-refractivity contribution is 0.00301. The Bertz CT molecular complexity index is 752. The van der Waals surface area contributed by atoms with E-state index in [0.717, 1.165) is 12.8 Å².